The van der Waals surface area contributed by atoms with E-state index in [4.69, 9.17) is 28.4 Å². The molecule has 0 spiro atoms. The molecule has 18 unspecified atom stereocenters. The van der Waals surface area contributed by atoms with E-state index in [1.165, 1.54) is 89.9 Å². The largest absolute Gasteiger partial charge is 0.477 e. The first-order valence-electron chi connectivity index (χ1n) is 31.7. The summed E-state index contributed by atoms with van der Waals surface area (Å²) in [5.74, 6) is -6.11. The molecule has 3 saturated heterocycles. The van der Waals surface area contributed by atoms with Gasteiger partial charge in [-0.1, -0.05) is 173 Å². The highest BCUT2D eigenvalue weighted by molar-refractivity contribution is 5.77. The van der Waals surface area contributed by atoms with Crippen molar-refractivity contribution in [3.05, 3.63) is 24.3 Å². The van der Waals surface area contributed by atoms with Crippen molar-refractivity contribution in [3.8, 4) is 0 Å². The van der Waals surface area contributed by atoms with Gasteiger partial charge in [-0.3, -0.25) is 9.59 Å². The average molecular weight is 1210 g/mol. The standard InChI is InChI=1S/C61H110N2O21/c1-4-6-8-10-12-14-16-17-18-19-20-21-22-23-25-27-29-31-33-35-48(71)63-42(43(68)34-32-30-28-26-24-15-13-11-9-7-5-2)40-79-58-53(75)52(74)55(47(39-66)81-58)82-59-54(76)57(51(73)46(38-65)80-59)84-61(60(77)78)36-44(69)49(62-41(3)67)56(83-61)50(72)45(70)37-64/h12,14,16-17,42-47,49-59,64-66,68-70,72-76H,4-11,13,15,18-40H2,1-3H3,(H,62,67)(H,63,71)(H,77,78)/b14-12-,17-16-. The molecular weight excluding hydrogens is 1100 g/mol. The van der Waals surface area contributed by atoms with E-state index in [1.54, 1.807) is 0 Å². The third-order valence-corrected chi connectivity index (χ3v) is 16.2. The van der Waals surface area contributed by atoms with Gasteiger partial charge in [0.2, 0.25) is 11.8 Å². The highest BCUT2D eigenvalue weighted by atomic mass is 16.8. The molecule has 23 nitrogen and oxygen atoms in total. The minimum absolute atomic E-state index is 0.219. The van der Waals surface area contributed by atoms with Crippen molar-refractivity contribution in [1.82, 2.24) is 10.6 Å². The molecule has 3 aliphatic heterocycles. The molecule has 0 radical (unpaired) electrons. The maximum atomic E-state index is 13.4. The Bertz CT molecular complexity index is 1820. The fourth-order valence-electron chi connectivity index (χ4n) is 11.1. The lowest BCUT2D eigenvalue weighted by Gasteiger charge is -2.50. The summed E-state index contributed by atoms with van der Waals surface area (Å²) in [5.41, 5.74) is 0. The lowest BCUT2D eigenvalue weighted by molar-refractivity contribution is -0.386. The van der Waals surface area contributed by atoms with Crippen LogP contribution in [0.15, 0.2) is 24.3 Å². The van der Waals surface area contributed by atoms with Crippen LogP contribution in [0, 0.1) is 0 Å². The molecule has 0 bridgehead atoms. The number of aliphatic hydroxyl groups is 11. The van der Waals surface area contributed by atoms with Crippen LogP contribution in [0.5, 0.6) is 0 Å². The van der Waals surface area contributed by atoms with Crippen LogP contribution in [0.25, 0.3) is 0 Å². The first-order chi connectivity index (χ1) is 40.4. The van der Waals surface area contributed by atoms with E-state index in [1.807, 2.05) is 0 Å². The number of amides is 2. The Kier molecular flexibility index (Phi) is 38.6. The van der Waals surface area contributed by atoms with Gasteiger partial charge in [0.05, 0.1) is 50.7 Å². The second kappa shape index (κ2) is 43.0. The number of carboxylic acid groups (broad SMARTS) is 1. The van der Waals surface area contributed by atoms with E-state index in [-0.39, 0.29) is 18.9 Å². The van der Waals surface area contributed by atoms with Gasteiger partial charge >= 0.3 is 5.97 Å². The molecule has 0 aliphatic carbocycles. The Balaban J connectivity index is 1.62. The first-order valence-corrected chi connectivity index (χ1v) is 31.7. The van der Waals surface area contributed by atoms with Crippen molar-refractivity contribution in [2.75, 3.05) is 26.4 Å². The van der Waals surface area contributed by atoms with Crippen LogP contribution < -0.4 is 10.6 Å². The molecule has 0 aromatic rings. The monoisotopic (exact) mass is 1210 g/mol. The number of nitrogens with one attached hydrogen (secondary N) is 2. The number of aliphatic hydroxyl groups excluding tert-OH is 11. The number of carbonyl (C=O) groups excluding carboxylic acids is 2. The van der Waals surface area contributed by atoms with Crippen LogP contribution in [-0.2, 0) is 42.8 Å². The van der Waals surface area contributed by atoms with Gasteiger partial charge in [-0.05, 0) is 38.5 Å². The summed E-state index contributed by atoms with van der Waals surface area (Å²) in [6.45, 7) is 2.13. The molecule has 14 N–H and O–H groups in total. The van der Waals surface area contributed by atoms with Crippen LogP contribution in [0.2, 0.25) is 0 Å². The van der Waals surface area contributed by atoms with E-state index < -0.39 is 148 Å². The van der Waals surface area contributed by atoms with Crippen molar-refractivity contribution in [1.29, 1.82) is 0 Å². The van der Waals surface area contributed by atoms with Crippen molar-refractivity contribution in [2.24, 2.45) is 0 Å². The number of hydrogen-bond donors (Lipinski definition) is 14. The molecule has 2 amide bonds. The number of hydrogen-bond acceptors (Lipinski definition) is 20. The van der Waals surface area contributed by atoms with Gasteiger partial charge in [-0.2, -0.15) is 0 Å². The average Bonchev–Trinajstić information content (AvgIpc) is 2.70. The van der Waals surface area contributed by atoms with Gasteiger partial charge in [0.25, 0.3) is 5.79 Å². The molecule has 3 fully saturated rings. The Morgan fingerprint density at radius 1 is 0.619 bits per heavy atom. The summed E-state index contributed by atoms with van der Waals surface area (Å²) < 4.78 is 34.7. The zero-order valence-corrected chi connectivity index (χ0v) is 50.5. The first kappa shape index (κ1) is 75.5. The zero-order valence-electron chi connectivity index (χ0n) is 50.5. The van der Waals surface area contributed by atoms with Crippen molar-refractivity contribution < 1.29 is 104 Å². The quantitative estimate of drug-likeness (QED) is 0.0305. The lowest BCUT2D eigenvalue weighted by Crippen LogP contribution is -2.70. The predicted molar refractivity (Wildman–Crippen MR) is 311 cm³/mol. The van der Waals surface area contributed by atoms with Crippen LogP contribution in [-0.4, -0.2) is 215 Å². The van der Waals surface area contributed by atoms with Gasteiger partial charge in [0.15, 0.2) is 12.6 Å². The molecule has 3 rings (SSSR count). The normalized spacial score (nSPS) is 29.9. The number of ether oxygens (including phenoxy) is 6. The van der Waals surface area contributed by atoms with Gasteiger partial charge in [0.1, 0.15) is 67.1 Å². The number of allylic oxidation sites excluding steroid dienone is 4. The summed E-state index contributed by atoms with van der Waals surface area (Å²) in [4.78, 5) is 38.4. The van der Waals surface area contributed by atoms with Gasteiger partial charge in [-0.15, -0.1) is 0 Å². The summed E-state index contributed by atoms with van der Waals surface area (Å²) in [5, 5.41) is 136. The number of unbranched alkanes of at least 4 members (excludes halogenated alkanes) is 23. The Labute approximate surface area is 498 Å². The third kappa shape index (κ3) is 26.5. The minimum atomic E-state index is -3.08. The highest BCUT2D eigenvalue weighted by Crippen LogP contribution is 2.38. The second-order valence-electron chi connectivity index (χ2n) is 23.3. The summed E-state index contributed by atoms with van der Waals surface area (Å²) in [6, 6.07) is -2.53. The molecule has 3 aliphatic rings. The summed E-state index contributed by atoms with van der Waals surface area (Å²) in [7, 11) is 0. The van der Waals surface area contributed by atoms with Crippen LogP contribution >= 0.6 is 0 Å². The van der Waals surface area contributed by atoms with Crippen LogP contribution in [0.3, 0.4) is 0 Å². The third-order valence-electron chi connectivity index (χ3n) is 16.2. The summed E-state index contributed by atoms with van der Waals surface area (Å²) >= 11 is 0. The zero-order chi connectivity index (χ0) is 61.9. The Morgan fingerprint density at radius 3 is 1.67 bits per heavy atom. The van der Waals surface area contributed by atoms with Crippen molar-refractivity contribution in [2.45, 2.75) is 317 Å². The summed E-state index contributed by atoms with van der Waals surface area (Å²) in [6.07, 6.45) is 9.15. The molecule has 0 aromatic heterocycles. The minimum Gasteiger partial charge on any atom is -0.477 e. The number of carbonyl (C=O) groups is 3. The fraction of sp³-hybridized carbons (Fsp3) is 0.885. The van der Waals surface area contributed by atoms with Gasteiger partial charge < -0.3 is 100 Å². The lowest BCUT2D eigenvalue weighted by atomic mass is 9.88. The van der Waals surface area contributed by atoms with Crippen LogP contribution in [0.4, 0.5) is 0 Å². The van der Waals surface area contributed by atoms with Crippen molar-refractivity contribution >= 4 is 17.8 Å². The van der Waals surface area contributed by atoms with Gasteiger partial charge in [-0.25, -0.2) is 4.79 Å². The van der Waals surface area contributed by atoms with E-state index in [9.17, 15) is 75.7 Å². The molecule has 490 valence electrons. The van der Waals surface area contributed by atoms with E-state index >= 15 is 0 Å². The van der Waals surface area contributed by atoms with E-state index in [0.717, 1.165) is 71.1 Å². The number of rotatable bonds is 46. The maximum absolute atomic E-state index is 13.4. The molecule has 23 heteroatoms. The molecule has 3 heterocycles. The predicted octanol–water partition coefficient (Wildman–Crippen LogP) is 3.72. The van der Waals surface area contributed by atoms with E-state index in [2.05, 4.69) is 48.8 Å². The van der Waals surface area contributed by atoms with Crippen LogP contribution in [0.1, 0.15) is 207 Å². The molecule has 0 aromatic carbocycles. The maximum Gasteiger partial charge on any atom is 0.364 e. The topological polar surface area (TPSA) is 373 Å². The Hall–Kier alpha value is -2.79. The van der Waals surface area contributed by atoms with E-state index in [0.29, 0.717) is 19.3 Å². The fourth-order valence-corrected chi connectivity index (χ4v) is 11.1. The Morgan fingerprint density at radius 2 is 1.13 bits per heavy atom. The number of aliphatic carboxylic acids is 1. The molecule has 18 atom stereocenters. The van der Waals surface area contributed by atoms with Gasteiger partial charge in [0, 0.05) is 19.8 Å². The molecule has 84 heavy (non-hydrogen) atoms. The SMILES string of the molecule is CCCCC/C=C\C=C/CCCCCCCCCCCCC(=O)NC(COC1OC(CO)C(OC2OC(CO)C(O)C(OC3(C(=O)O)CC(O)C(NC(C)=O)C(C(O)C(O)CO)O3)C2O)C(O)C1O)C(O)CCCCCCCCCCCCC. The van der Waals surface area contributed by atoms with Crippen molar-refractivity contribution in [3.63, 3.8) is 0 Å². The number of carboxylic acids is 1. The second-order valence-corrected chi connectivity index (χ2v) is 23.3. The molecule has 0 saturated carbocycles. The smallest absolute Gasteiger partial charge is 0.364 e. The molecular formula is C61H110N2O21. The highest BCUT2D eigenvalue weighted by Gasteiger charge is 2.60.